The molecule has 0 bridgehead atoms. The quantitative estimate of drug-likeness (QED) is 0.786. The van der Waals surface area contributed by atoms with Crippen LogP contribution in [-0.4, -0.2) is 14.9 Å². The van der Waals surface area contributed by atoms with Gasteiger partial charge in [0.25, 0.3) is 6.43 Å². The summed E-state index contributed by atoms with van der Waals surface area (Å²) in [6, 6.07) is 7.85. The molecule has 1 heterocycles. The van der Waals surface area contributed by atoms with E-state index in [1.165, 1.54) is 35.7 Å². The Morgan fingerprint density at radius 3 is 2.75 bits per heavy atom. The third-order valence-electron chi connectivity index (χ3n) is 5.11. The van der Waals surface area contributed by atoms with Gasteiger partial charge in [0.05, 0.1) is 0 Å². The van der Waals surface area contributed by atoms with E-state index in [2.05, 4.69) is 16.5 Å². The monoisotopic (exact) mass is 333 g/mol. The van der Waals surface area contributed by atoms with Crippen LogP contribution in [0.15, 0.2) is 30.5 Å². The Kier molecular flexibility index (Phi) is 3.79. The summed E-state index contributed by atoms with van der Waals surface area (Å²) in [5, 5.41) is 17.2. The molecule has 2 aliphatic rings. The molecule has 2 fully saturated rings. The highest BCUT2D eigenvalue weighted by Gasteiger charge is 2.48. The summed E-state index contributed by atoms with van der Waals surface area (Å²) in [4.78, 5) is 0. The fourth-order valence-corrected chi connectivity index (χ4v) is 3.70. The molecule has 24 heavy (non-hydrogen) atoms. The van der Waals surface area contributed by atoms with Gasteiger partial charge in [-0.1, -0.05) is 18.2 Å². The molecule has 4 rings (SSSR count). The number of halogens is 2. The van der Waals surface area contributed by atoms with Gasteiger partial charge in [0.2, 0.25) is 0 Å². The Bertz CT molecular complexity index is 742. The molecule has 3 atom stereocenters. The number of nitrogens with one attached hydrogen (secondary N) is 1. The van der Waals surface area contributed by atoms with Crippen LogP contribution in [0.3, 0.4) is 0 Å². The minimum atomic E-state index is -2.71. The molecule has 0 saturated heterocycles. The van der Waals surface area contributed by atoms with Crippen LogP contribution in [0.2, 0.25) is 0 Å². The molecule has 3 unspecified atom stereocenters. The topological polar surface area (TPSA) is 50.1 Å². The molecular formula is C18H21F2N3O. The van der Waals surface area contributed by atoms with Crippen LogP contribution in [0.5, 0.6) is 0 Å². The van der Waals surface area contributed by atoms with Gasteiger partial charge in [-0.05, 0) is 48.6 Å². The molecule has 0 radical (unpaired) electrons. The van der Waals surface area contributed by atoms with Gasteiger partial charge in [0.15, 0.2) is 6.23 Å². The summed E-state index contributed by atoms with van der Waals surface area (Å²) in [7, 11) is 1.57. The molecule has 2 aliphatic carbocycles. The number of anilines is 1. The summed E-state index contributed by atoms with van der Waals surface area (Å²) in [6.45, 7) is 0. The van der Waals surface area contributed by atoms with Gasteiger partial charge in [0, 0.05) is 24.5 Å². The SMILES string of the molecule is Cn1cc(C(O)Nc2ccccc2C2CC2C2CC2)c(C(F)F)n1. The van der Waals surface area contributed by atoms with E-state index in [0.717, 1.165) is 17.5 Å². The van der Waals surface area contributed by atoms with E-state index in [1.807, 2.05) is 18.2 Å². The van der Waals surface area contributed by atoms with E-state index in [4.69, 9.17) is 0 Å². The van der Waals surface area contributed by atoms with E-state index in [-0.39, 0.29) is 11.3 Å². The van der Waals surface area contributed by atoms with Crippen molar-refractivity contribution >= 4 is 5.69 Å². The van der Waals surface area contributed by atoms with E-state index in [9.17, 15) is 13.9 Å². The number of aliphatic hydroxyl groups is 1. The summed E-state index contributed by atoms with van der Waals surface area (Å²) in [5.41, 5.74) is 1.74. The van der Waals surface area contributed by atoms with Crippen LogP contribution in [0.1, 0.15) is 54.7 Å². The van der Waals surface area contributed by atoms with Crippen molar-refractivity contribution in [3.63, 3.8) is 0 Å². The van der Waals surface area contributed by atoms with Crippen molar-refractivity contribution in [2.45, 2.75) is 37.8 Å². The molecule has 128 valence electrons. The minimum Gasteiger partial charge on any atom is -0.369 e. The lowest BCUT2D eigenvalue weighted by Gasteiger charge is -2.17. The number of rotatable bonds is 6. The van der Waals surface area contributed by atoms with Crippen molar-refractivity contribution in [1.29, 1.82) is 0 Å². The first-order valence-corrected chi connectivity index (χ1v) is 8.39. The van der Waals surface area contributed by atoms with Crippen molar-refractivity contribution < 1.29 is 13.9 Å². The van der Waals surface area contributed by atoms with Crippen molar-refractivity contribution in [2.24, 2.45) is 18.9 Å². The van der Waals surface area contributed by atoms with E-state index in [1.54, 1.807) is 7.05 Å². The first kappa shape index (κ1) is 15.6. The highest BCUT2D eigenvalue weighted by molar-refractivity contribution is 5.55. The van der Waals surface area contributed by atoms with Gasteiger partial charge in [0.1, 0.15) is 5.69 Å². The van der Waals surface area contributed by atoms with Crippen molar-refractivity contribution in [3.8, 4) is 0 Å². The number of hydrogen-bond acceptors (Lipinski definition) is 3. The lowest BCUT2D eigenvalue weighted by molar-refractivity contribution is 0.136. The number of benzene rings is 1. The predicted molar refractivity (Wildman–Crippen MR) is 86.8 cm³/mol. The number of alkyl halides is 2. The highest BCUT2D eigenvalue weighted by Crippen LogP contribution is 2.60. The third kappa shape index (κ3) is 2.90. The molecule has 0 aliphatic heterocycles. The molecule has 2 N–H and O–H groups in total. The lowest BCUT2D eigenvalue weighted by atomic mass is 10.0. The maximum Gasteiger partial charge on any atom is 0.282 e. The smallest absolute Gasteiger partial charge is 0.282 e. The normalized spacial score (nSPS) is 24.2. The molecule has 0 amide bonds. The third-order valence-corrected chi connectivity index (χ3v) is 5.11. The van der Waals surface area contributed by atoms with Crippen molar-refractivity contribution in [1.82, 2.24) is 9.78 Å². The van der Waals surface area contributed by atoms with Gasteiger partial charge in [-0.15, -0.1) is 0 Å². The number of aromatic nitrogens is 2. The fraction of sp³-hybridized carbons (Fsp3) is 0.500. The largest absolute Gasteiger partial charge is 0.369 e. The Morgan fingerprint density at radius 2 is 2.04 bits per heavy atom. The standard InChI is InChI=1S/C18H21F2N3O/c1-23-9-14(16(22-23)17(19)20)18(24)21-15-5-3-2-4-11(15)13-8-12(13)10-6-7-10/h2-5,9-10,12-13,17-18,21,24H,6-8H2,1H3. The van der Waals surface area contributed by atoms with Gasteiger partial charge in [-0.25, -0.2) is 8.78 Å². The number of aliphatic hydroxyl groups excluding tert-OH is 1. The van der Waals surface area contributed by atoms with Gasteiger partial charge in [-0.3, -0.25) is 4.68 Å². The average molecular weight is 333 g/mol. The molecule has 2 saturated carbocycles. The summed E-state index contributed by atoms with van der Waals surface area (Å²) >= 11 is 0. The van der Waals surface area contributed by atoms with Crippen molar-refractivity contribution in [2.75, 3.05) is 5.32 Å². The summed E-state index contributed by atoms with van der Waals surface area (Å²) in [5.74, 6) is 2.13. The maximum atomic E-state index is 13.1. The zero-order chi connectivity index (χ0) is 16.8. The highest BCUT2D eigenvalue weighted by atomic mass is 19.3. The Balaban J connectivity index is 1.55. The number of nitrogens with zero attached hydrogens (tertiary/aromatic N) is 2. The second kappa shape index (κ2) is 5.84. The number of hydrogen-bond donors (Lipinski definition) is 2. The molecule has 6 heteroatoms. The Hall–Kier alpha value is -1.95. The van der Waals surface area contributed by atoms with Gasteiger partial charge in [-0.2, -0.15) is 5.10 Å². The molecule has 1 aromatic carbocycles. The second-order valence-corrected chi connectivity index (χ2v) is 6.92. The molecule has 1 aromatic heterocycles. The molecule has 2 aromatic rings. The molecule has 4 nitrogen and oxygen atoms in total. The molecular weight excluding hydrogens is 312 g/mol. The van der Waals surface area contributed by atoms with Crippen LogP contribution in [0, 0.1) is 11.8 Å². The predicted octanol–water partition coefficient (Wildman–Crippen LogP) is 3.97. The van der Waals surface area contributed by atoms with E-state index in [0.29, 0.717) is 5.92 Å². The lowest BCUT2D eigenvalue weighted by Crippen LogP contribution is -2.12. The zero-order valence-electron chi connectivity index (χ0n) is 13.5. The first-order chi connectivity index (χ1) is 11.5. The van der Waals surface area contributed by atoms with Crippen LogP contribution < -0.4 is 5.32 Å². The first-order valence-electron chi connectivity index (χ1n) is 8.39. The van der Waals surface area contributed by atoms with Crippen LogP contribution in [-0.2, 0) is 7.05 Å². The van der Waals surface area contributed by atoms with Crippen LogP contribution in [0.4, 0.5) is 14.5 Å². The number of aryl methyl sites for hydroxylation is 1. The van der Waals surface area contributed by atoms with E-state index < -0.39 is 12.7 Å². The summed E-state index contributed by atoms with van der Waals surface area (Å²) < 4.78 is 27.5. The van der Waals surface area contributed by atoms with E-state index >= 15 is 0 Å². The van der Waals surface area contributed by atoms with Crippen LogP contribution >= 0.6 is 0 Å². The average Bonchev–Trinajstić information content (AvgIpc) is 3.44. The number of para-hydroxylation sites is 1. The Labute approximate surface area is 139 Å². The Morgan fingerprint density at radius 1 is 1.29 bits per heavy atom. The van der Waals surface area contributed by atoms with Gasteiger partial charge >= 0.3 is 0 Å². The molecule has 0 spiro atoms. The minimum absolute atomic E-state index is 0.122. The maximum absolute atomic E-state index is 13.1. The summed E-state index contributed by atoms with van der Waals surface area (Å²) in [6.07, 6.45) is 1.36. The second-order valence-electron chi connectivity index (χ2n) is 6.92. The fourth-order valence-electron chi connectivity index (χ4n) is 3.70. The van der Waals surface area contributed by atoms with Gasteiger partial charge < -0.3 is 10.4 Å². The van der Waals surface area contributed by atoms with Crippen molar-refractivity contribution in [3.05, 3.63) is 47.3 Å². The zero-order valence-corrected chi connectivity index (χ0v) is 13.5. The van der Waals surface area contributed by atoms with Crippen LogP contribution in [0.25, 0.3) is 0 Å².